The summed E-state index contributed by atoms with van der Waals surface area (Å²) in [5, 5.41) is 0. The Hall–Kier alpha value is 0.610. The van der Waals surface area contributed by atoms with Crippen molar-refractivity contribution in [3.63, 3.8) is 0 Å². The Bertz CT molecular complexity index is 134. The first kappa shape index (κ1) is 10.7. The van der Waals surface area contributed by atoms with Crippen LogP contribution >= 0.6 is 23.0 Å². The normalized spacial score (nSPS) is 21.0. The SMILES string of the molecule is CC(C)OCC1(COI)COC1. The van der Waals surface area contributed by atoms with Crippen molar-refractivity contribution in [2.45, 2.75) is 20.0 Å². The number of rotatable bonds is 5. The molecule has 0 aliphatic carbocycles. The minimum atomic E-state index is 0.130. The zero-order valence-electron chi connectivity index (χ0n) is 7.51. The minimum Gasteiger partial charge on any atom is -0.380 e. The highest BCUT2D eigenvalue weighted by atomic mass is 127. The van der Waals surface area contributed by atoms with Gasteiger partial charge in [0.1, 0.15) is 23.0 Å². The Balaban J connectivity index is 2.24. The van der Waals surface area contributed by atoms with Crippen LogP contribution in [0.4, 0.5) is 0 Å². The van der Waals surface area contributed by atoms with E-state index in [0.29, 0.717) is 0 Å². The summed E-state index contributed by atoms with van der Waals surface area (Å²) in [6, 6.07) is 0. The second-order valence-corrected chi connectivity index (χ2v) is 4.23. The van der Waals surface area contributed by atoms with Crippen LogP contribution in [0.3, 0.4) is 0 Å². The van der Waals surface area contributed by atoms with Crippen LogP contribution in [0.1, 0.15) is 13.8 Å². The first-order valence-electron chi connectivity index (χ1n) is 4.11. The van der Waals surface area contributed by atoms with Crippen molar-refractivity contribution in [1.82, 2.24) is 0 Å². The van der Waals surface area contributed by atoms with Crippen LogP contribution in [0.25, 0.3) is 0 Å². The van der Waals surface area contributed by atoms with E-state index in [1.54, 1.807) is 0 Å². The van der Waals surface area contributed by atoms with Crippen LogP contribution in [-0.4, -0.2) is 32.5 Å². The van der Waals surface area contributed by atoms with E-state index in [1.807, 2.05) is 36.9 Å². The molecule has 0 spiro atoms. The van der Waals surface area contributed by atoms with Crippen molar-refractivity contribution in [3.8, 4) is 0 Å². The molecule has 1 rings (SSSR count). The fraction of sp³-hybridized carbons (Fsp3) is 1.00. The van der Waals surface area contributed by atoms with E-state index < -0.39 is 0 Å². The van der Waals surface area contributed by atoms with Gasteiger partial charge in [-0.25, -0.2) is 0 Å². The van der Waals surface area contributed by atoms with Gasteiger partial charge in [0, 0.05) is 0 Å². The summed E-state index contributed by atoms with van der Waals surface area (Å²) >= 11 is 1.92. The first-order valence-corrected chi connectivity index (χ1v) is 4.99. The van der Waals surface area contributed by atoms with Gasteiger partial charge in [-0.15, -0.1) is 0 Å². The molecule has 4 heteroatoms. The fourth-order valence-electron chi connectivity index (χ4n) is 1.06. The zero-order valence-corrected chi connectivity index (χ0v) is 9.67. The average molecular weight is 286 g/mol. The smallest absolute Gasteiger partial charge is 0.109 e. The minimum absolute atomic E-state index is 0.130. The fourth-order valence-corrected chi connectivity index (χ4v) is 1.72. The molecule has 1 heterocycles. The van der Waals surface area contributed by atoms with Gasteiger partial charge in [-0.2, -0.15) is 0 Å². The summed E-state index contributed by atoms with van der Waals surface area (Å²) in [6.07, 6.45) is 0.289. The molecule has 0 aromatic carbocycles. The lowest BCUT2D eigenvalue weighted by Crippen LogP contribution is -2.49. The molecule has 0 saturated carbocycles. The van der Waals surface area contributed by atoms with Crippen LogP contribution < -0.4 is 0 Å². The molecule has 72 valence electrons. The van der Waals surface area contributed by atoms with Crippen molar-refractivity contribution in [2.75, 3.05) is 26.4 Å². The molecule has 0 N–H and O–H groups in total. The molecule has 0 aromatic rings. The van der Waals surface area contributed by atoms with Crippen LogP contribution in [0, 0.1) is 5.41 Å². The molecule has 3 nitrogen and oxygen atoms in total. The van der Waals surface area contributed by atoms with Gasteiger partial charge in [-0.05, 0) is 13.8 Å². The Morgan fingerprint density at radius 1 is 1.42 bits per heavy atom. The maximum Gasteiger partial charge on any atom is 0.109 e. The lowest BCUT2D eigenvalue weighted by molar-refractivity contribution is -0.166. The summed E-state index contributed by atoms with van der Waals surface area (Å²) in [5.41, 5.74) is 0.130. The molecule has 1 saturated heterocycles. The predicted octanol–water partition coefficient (Wildman–Crippen LogP) is 1.79. The summed E-state index contributed by atoms with van der Waals surface area (Å²) in [6.45, 7) is 7.08. The van der Waals surface area contributed by atoms with E-state index in [1.165, 1.54) is 0 Å². The van der Waals surface area contributed by atoms with Crippen LogP contribution in [0.15, 0.2) is 0 Å². The van der Waals surface area contributed by atoms with Crippen molar-refractivity contribution in [1.29, 1.82) is 0 Å². The highest BCUT2D eigenvalue weighted by molar-refractivity contribution is 14.1. The average Bonchev–Trinajstić information content (AvgIpc) is 1.94. The molecule has 1 fully saturated rings. The quantitative estimate of drug-likeness (QED) is 0.721. The topological polar surface area (TPSA) is 27.7 Å². The standard InChI is InChI=1S/C8H15IO3/c1-7(2)11-5-8(6-12-9)3-10-4-8/h7H,3-6H2,1-2H3. The van der Waals surface area contributed by atoms with Gasteiger partial charge in [-0.3, -0.25) is 0 Å². The molecule has 0 unspecified atom stereocenters. The van der Waals surface area contributed by atoms with Crippen LogP contribution in [0.5, 0.6) is 0 Å². The lowest BCUT2D eigenvalue weighted by atomic mass is 9.88. The summed E-state index contributed by atoms with van der Waals surface area (Å²) < 4.78 is 15.8. The number of hydrogen-bond donors (Lipinski definition) is 0. The largest absolute Gasteiger partial charge is 0.380 e. The molecule has 0 aromatic heterocycles. The van der Waals surface area contributed by atoms with Gasteiger partial charge in [-0.1, -0.05) is 0 Å². The Labute approximate surface area is 87.4 Å². The molecule has 1 aliphatic heterocycles. The van der Waals surface area contributed by atoms with Crippen LogP contribution in [-0.2, 0) is 12.5 Å². The van der Waals surface area contributed by atoms with E-state index >= 15 is 0 Å². The molecule has 0 amide bonds. The molecule has 0 bridgehead atoms. The molecule has 0 radical (unpaired) electrons. The maximum atomic E-state index is 5.54. The second-order valence-electron chi connectivity index (χ2n) is 3.61. The third-order valence-corrected chi connectivity index (χ3v) is 2.21. The number of hydrogen-bond acceptors (Lipinski definition) is 3. The maximum absolute atomic E-state index is 5.54. The zero-order chi connectivity index (χ0) is 9.03. The van der Waals surface area contributed by atoms with Crippen molar-refractivity contribution in [3.05, 3.63) is 0 Å². The highest BCUT2D eigenvalue weighted by Gasteiger charge is 2.39. The van der Waals surface area contributed by atoms with E-state index in [9.17, 15) is 0 Å². The Kier molecular flexibility index (Phi) is 4.22. The first-order chi connectivity index (χ1) is 5.68. The van der Waals surface area contributed by atoms with E-state index in [4.69, 9.17) is 12.5 Å². The van der Waals surface area contributed by atoms with Gasteiger partial charge in [0.15, 0.2) is 0 Å². The number of halogens is 1. The van der Waals surface area contributed by atoms with Crippen molar-refractivity contribution >= 4 is 23.0 Å². The predicted molar refractivity (Wildman–Crippen MR) is 54.3 cm³/mol. The Morgan fingerprint density at radius 2 is 2.08 bits per heavy atom. The van der Waals surface area contributed by atoms with Crippen LogP contribution in [0.2, 0.25) is 0 Å². The van der Waals surface area contributed by atoms with Gasteiger partial charge < -0.3 is 12.5 Å². The summed E-state index contributed by atoms with van der Waals surface area (Å²) in [4.78, 5) is 0. The summed E-state index contributed by atoms with van der Waals surface area (Å²) in [7, 11) is 0. The van der Waals surface area contributed by atoms with Crippen molar-refractivity contribution < 1.29 is 12.5 Å². The monoisotopic (exact) mass is 286 g/mol. The van der Waals surface area contributed by atoms with Gasteiger partial charge >= 0.3 is 0 Å². The van der Waals surface area contributed by atoms with Gasteiger partial charge in [0.05, 0.1) is 37.9 Å². The molecular formula is C8H15IO3. The molecule has 0 atom stereocenters. The third-order valence-electron chi connectivity index (χ3n) is 1.90. The Morgan fingerprint density at radius 3 is 2.42 bits per heavy atom. The van der Waals surface area contributed by atoms with E-state index in [-0.39, 0.29) is 11.5 Å². The van der Waals surface area contributed by atoms with Gasteiger partial charge in [0.2, 0.25) is 0 Å². The third kappa shape index (κ3) is 2.83. The van der Waals surface area contributed by atoms with Gasteiger partial charge in [0.25, 0.3) is 0 Å². The van der Waals surface area contributed by atoms with E-state index in [2.05, 4.69) is 0 Å². The highest BCUT2D eigenvalue weighted by Crippen LogP contribution is 2.29. The van der Waals surface area contributed by atoms with E-state index in [0.717, 1.165) is 26.4 Å². The summed E-state index contributed by atoms with van der Waals surface area (Å²) in [5.74, 6) is 0. The molecular weight excluding hydrogens is 271 g/mol. The molecule has 1 aliphatic rings. The lowest BCUT2D eigenvalue weighted by Gasteiger charge is -2.40. The number of ether oxygens (including phenoxy) is 2. The van der Waals surface area contributed by atoms with Crippen molar-refractivity contribution in [2.24, 2.45) is 5.41 Å². The second kappa shape index (κ2) is 4.74. The molecule has 12 heavy (non-hydrogen) atoms.